The van der Waals surface area contributed by atoms with Crippen LogP contribution in [0.3, 0.4) is 0 Å². The summed E-state index contributed by atoms with van der Waals surface area (Å²) < 4.78 is 5.16. The van der Waals surface area contributed by atoms with Crippen molar-refractivity contribution in [3.05, 3.63) is 48.2 Å². The summed E-state index contributed by atoms with van der Waals surface area (Å²) in [6, 6.07) is 7.74. The van der Waals surface area contributed by atoms with E-state index in [2.05, 4.69) is 0 Å². The molecule has 4 heteroatoms. The maximum atomic E-state index is 11.0. The first kappa shape index (κ1) is 11.3. The Morgan fingerprint density at radius 1 is 1.47 bits per heavy atom. The first-order valence-electron chi connectivity index (χ1n) is 5.29. The zero-order chi connectivity index (χ0) is 12.3. The second-order valence-electron chi connectivity index (χ2n) is 3.69. The fourth-order valence-electron chi connectivity index (χ4n) is 1.66. The minimum absolute atomic E-state index is 0.397. The SMILES string of the molecule is COc1cccc(N2C=CC(C(N)=O)=CC2)c1. The highest BCUT2D eigenvalue weighted by Gasteiger charge is 2.10. The topological polar surface area (TPSA) is 55.6 Å². The fraction of sp³-hybridized carbons (Fsp3) is 0.154. The summed E-state index contributed by atoms with van der Waals surface area (Å²) in [6.45, 7) is 0.627. The molecule has 2 rings (SSSR count). The third-order valence-corrected chi connectivity index (χ3v) is 2.61. The lowest BCUT2D eigenvalue weighted by atomic mass is 10.1. The summed E-state index contributed by atoms with van der Waals surface area (Å²) in [4.78, 5) is 13.0. The molecule has 4 nitrogen and oxygen atoms in total. The molecule has 0 fully saturated rings. The summed E-state index contributed by atoms with van der Waals surface area (Å²) in [5.41, 5.74) is 6.76. The normalized spacial score (nSPS) is 14.4. The molecule has 1 heterocycles. The first-order chi connectivity index (χ1) is 8.20. The van der Waals surface area contributed by atoms with E-state index < -0.39 is 5.91 Å². The fourth-order valence-corrected chi connectivity index (χ4v) is 1.66. The molecule has 88 valence electrons. The Morgan fingerprint density at radius 3 is 2.88 bits per heavy atom. The van der Waals surface area contributed by atoms with Gasteiger partial charge in [0.25, 0.3) is 0 Å². The Labute approximate surface area is 100.0 Å². The van der Waals surface area contributed by atoms with Crippen LogP contribution in [0.2, 0.25) is 0 Å². The molecule has 0 aliphatic carbocycles. The molecule has 1 amide bonds. The zero-order valence-corrected chi connectivity index (χ0v) is 9.59. The number of ether oxygens (including phenoxy) is 1. The number of hydrogen-bond acceptors (Lipinski definition) is 3. The monoisotopic (exact) mass is 230 g/mol. The van der Waals surface area contributed by atoms with E-state index in [0.29, 0.717) is 12.1 Å². The molecule has 1 aliphatic rings. The van der Waals surface area contributed by atoms with Gasteiger partial charge in [0.15, 0.2) is 0 Å². The number of nitrogens with two attached hydrogens (primary N) is 1. The standard InChI is InChI=1S/C13H14N2O2/c1-17-12-4-2-3-11(9-12)15-7-5-10(6-8-15)13(14)16/h2-7,9H,8H2,1H3,(H2,14,16). The van der Waals surface area contributed by atoms with Gasteiger partial charge in [-0.15, -0.1) is 0 Å². The van der Waals surface area contributed by atoms with Crippen LogP contribution in [0, 0.1) is 0 Å². The maximum absolute atomic E-state index is 11.0. The van der Waals surface area contributed by atoms with Crippen molar-refractivity contribution in [2.45, 2.75) is 0 Å². The van der Waals surface area contributed by atoms with E-state index in [1.165, 1.54) is 0 Å². The number of amides is 1. The minimum atomic E-state index is -0.397. The van der Waals surface area contributed by atoms with Gasteiger partial charge in [0.1, 0.15) is 5.75 Å². The van der Waals surface area contributed by atoms with Gasteiger partial charge in [-0.3, -0.25) is 4.79 Å². The number of carbonyl (C=O) groups excluding carboxylic acids is 1. The van der Waals surface area contributed by atoms with Crippen molar-refractivity contribution >= 4 is 11.6 Å². The summed E-state index contributed by atoms with van der Waals surface area (Å²) in [6.07, 6.45) is 5.36. The van der Waals surface area contributed by atoms with Crippen molar-refractivity contribution in [2.75, 3.05) is 18.6 Å². The molecule has 0 saturated carbocycles. The van der Waals surface area contributed by atoms with Gasteiger partial charge in [-0.1, -0.05) is 12.1 Å². The van der Waals surface area contributed by atoms with Gasteiger partial charge < -0.3 is 15.4 Å². The van der Waals surface area contributed by atoms with E-state index in [9.17, 15) is 4.79 Å². The molecule has 0 unspecified atom stereocenters. The summed E-state index contributed by atoms with van der Waals surface area (Å²) in [5, 5.41) is 0. The highest BCUT2D eigenvalue weighted by Crippen LogP contribution is 2.23. The Morgan fingerprint density at radius 2 is 2.29 bits per heavy atom. The predicted molar refractivity (Wildman–Crippen MR) is 66.8 cm³/mol. The van der Waals surface area contributed by atoms with Crippen molar-refractivity contribution in [1.82, 2.24) is 0 Å². The third kappa shape index (κ3) is 2.47. The van der Waals surface area contributed by atoms with Gasteiger partial charge in [-0.2, -0.15) is 0 Å². The van der Waals surface area contributed by atoms with Crippen molar-refractivity contribution in [1.29, 1.82) is 0 Å². The van der Waals surface area contributed by atoms with Crippen molar-refractivity contribution < 1.29 is 9.53 Å². The number of benzene rings is 1. The van der Waals surface area contributed by atoms with Gasteiger partial charge in [-0.05, 0) is 18.2 Å². The smallest absolute Gasteiger partial charge is 0.248 e. The number of primary amides is 1. The molecular formula is C13H14N2O2. The van der Waals surface area contributed by atoms with E-state index in [0.717, 1.165) is 11.4 Å². The number of anilines is 1. The molecule has 1 aromatic rings. The van der Waals surface area contributed by atoms with Crippen LogP contribution in [-0.2, 0) is 4.79 Å². The van der Waals surface area contributed by atoms with E-state index in [1.807, 2.05) is 41.4 Å². The highest BCUT2D eigenvalue weighted by molar-refractivity contribution is 5.95. The van der Waals surface area contributed by atoms with E-state index in [1.54, 1.807) is 13.2 Å². The van der Waals surface area contributed by atoms with Crippen LogP contribution in [0.1, 0.15) is 0 Å². The number of rotatable bonds is 3. The Bertz CT molecular complexity index is 492. The quantitative estimate of drug-likeness (QED) is 0.854. The van der Waals surface area contributed by atoms with Crippen LogP contribution < -0.4 is 15.4 Å². The van der Waals surface area contributed by atoms with Crippen molar-refractivity contribution in [3.63, 3.8) is 0 Å². The Kier molecular flexibility index (Phi) is 3.14. The molecule has 2 N–H and O–H groups in total. The second kappa shape index (κ2) is 4.74. The molecular weight excluding hydrogens is 216 g/mol. The van der Waals surface area contributed by atoms with E-state index in [-0.39, 0.29) is 0 Å². The van der Waals surface area contributed by atoms with Crippen molar-refractivity contribution in [2.24, 2.45) is 5.73 Å². The van der Waals surface area contributed by atoms with Crippen LogP contribution in [0.5, 0.6) is 5.75 Å². The summed E-state index contributed by atoms with van der Waals surface area (Å²) >= 11 is 0. The molecule has 1 aromatic carbocycles. The average Bonchev–Trinajstić information content (AvgIpc) is 2.39. The lowest BCUT2D eigenvalue weighted by Crippen LogP contribution is -2.23. The molecule has 0 aromatic heterocycles. The lowest BCUT2D eigenvalue weighted by Gasteiger charge is -2.22. The van der Waals surface area contributed by atoms with Gasteiger partial charge in [0.2, 0.25) is 5.91 Å². The number of nitrogens with zero attached hydrogens (tertiary/aromatic N) is 1. The minimum Gasteiger partial charge on any atom is -0.497 e. The first-order valence-corrected chi connectivity index (χ1v) is 5.29. The highest BCUT2D eigenvalue weighted by atomic mass is 16.5. The summed E-state index contributed by atoms with van der Waals surface area (Å²) in [5.74, 6) is 0.409. The lowest BCUT2D eigenvalue weighted by molar-refractivity contribution is -0.114. The molecule has 0 saturated heterocycles. The van der Waals surface area contributed by atoms with Crippen LogP contribution in [0.4, 0.5) is 5.69 Å². The molecule has 0 atom stereocenters. The van der Waals surface area contributed by atoms with Crippen LogP contribution in [0.15, 0.2) is 48.2 Å². The van der Waals surface area contributed by atoms with Gasteiger partial charge in [0.05, 0.1) is 7.11 Å². The van der Waals surface area contributed by atoms with Gasteiger partial charge >= 0.3 is 0 Å². The van der Waals surface area contributed by atoms with Crippen LogP contribution >= 0.6 is 0 Å². The average molecular weight is 230 g/mol. The molecule has 0 radical (unpaired) electrons. The molecule has 0 bridgehead atoms. The van der Waals surface area contributed by atoms with E-state index >= 15 is 0 Å². The number of methoxy groups -OCH3 is 1. The zero-order valence-electron chi connectivity index (χ0n) is 9.59. The largest absolute Gasteiger partial charge is 0.497 e. The van der Waals surface area contributed by atoms with Gasteiger partial charge in [-0.25, -0.2) is 0 Å². The molecule has 1 aliphatic heterocycles. The molecule has 0 spiro atoms. The Balaban J connectivity index is 2.16. The third-order valence-electron chi connectivity index (χ3n) is 2.61. The molecule has 17 heavy (non-hydrogen) atoms. The second-order valence-corrected chi connectivity index (χ2v) is 3.69. The predicted octanol–water partition coefficient (Wildman–Crippen LogP) is 1.44. The van der Waals surface area contributed by atoms with Crippen LogP contribution in [-0.4, -0.2) is 19.6 Å². The van der Waals surface area contributed by atoms with E-state index in [4.69, 9.17) is 10.5 Å². The summed E-state index contributed by atoms with van der Waals surface area (Å²) in [7, 11) is 1.64. The number of carbonyl (C=O) groups is 1. The van der Waals surface area contributed by atoms with Crippen molar-refractivity contribution in [3.8, 4) is 5.75 Å². The van der Waals surface area contributed by atoms with Gasteiger partial charge in [0, 0.05) is 30.1 Å². The Hall–Kier alpha value is -2.23. The maximum Gasteiger partial charge on any atom is 0.248 e. The number of hydrogen-bond donors (Lipinski definition) is 1. The van der Waals surface area contributed by atoms with Crippen LogP contribution in [0.25, 0.3) is 0 Å².